The first-order valence-electron chi connectivity index (χ1n) is 15.9. The maximum Gasteiger partial charge on any atom is 0.330 e. The number of nitrogens with two attached hydrogens (primary N) is 1. The molecule has 262 valence electrons. The molecule has 4 aliphatic heterocycles. The maximum atomic E-state index is 12.3. The second-order valence-electron chi connectivity index (χ2n) is 12.6. The van der Waals surface area contributed by atoms with Gasteiger partial charge in [-0.05, 0) is 19.9 Å². The van der Waals surface area contributed by atoms with E-state index in [4.69, 9.17) is 29.4 Å². The number of aliphatic hydroxyl groups is 5. The highest BCUT2D eigenvalue weighted by Gasteiger charge is 2.51. The lowest BCUT2D eigenvalue weighted by Crippen LogP contribution is -2.61. The molecular formula is C33H47NO13. The number of hydrogen-bond acceptors (Lipinski definition) is 13. The summed E-state index contributed by atoms with van der Waals surface area (Å²) < 4.78 is 28.5. The van der Waals surface area contributed by atoms with Crippen LogP contribution in [0, 0.1) is 5.92 Å². The van der Waals surface area contributed by atoms with Gasteiger partial charge in [0.05, 0.1) is 48.8 Å². The molecule has 0 aromatic carbocycles. The first kappa shape index (κ1) is 37.1. The Morgan fingerprint density at radius 1 is 0.936 bits per heavy atom. The van der Waals surface area contributed by atoms with Gasteiger partial charge in [-0.2, -0.15) is 0 Å². The lowest BCUT2D eigenvalue weighted by atomic mass is 9.83. The second-order valence-corrected chi connectivity index (χ2v) is 12.6. The van der Waals surface area contributed by atoms with E-state index >= 15 is 0 Å². The number of cyclic esters (lactones) is 1. The molecule has 1 unspecified atom stereocenters. The predicted octanol–water partition coefficient (Wildman–Crippen LogP) is 0.120. The van der Waals surface area contributed by atoms with E-state index in [0.717, 1.165) is 0 Å². The van der Waals surface area contributed by atoms with Crippen LogP contribution in [0.15, 0.2) is 60.8 Å². The van der Waals surface area contributed by atoms with Crippen LogP contribution >= 0.6 is 0 Å². The highest BCUT2D eigenvalue weighted by Crippen LogP contribution is 2.39. The third-order valence-electron chi connectivity index (χ3n) is 8.58. The third-order valence-corrected chi connectivity index (χ3v) is 8.58. The minimum absolute atomic E-state index is 0.0789. The number of ether oxygens (including phenoxy) is 5. The molecule has 14 nitrogen and oxygen atoms in total. The van der Waals surface area contributed by atoms with E-state index in [2.05, 4.69) is 0 Å². The van der Waals surface area contributed by atoms with Crippen molar-refractivity contribution in [1.82, 2.24) is 0 Å². The zero-order chi connectivity index (χ0) is 34.3. The molecule has 0 aromatic rings. The Labute approximate surface area is 273 Å². The molecule has 0 spiro atoms. The van der Waals surface area contributed by atoms with Crippen LogP contribution in [0.1, 0.15) is 46.0 Å². The van der Waals surface area contributed by atoms with Gasteiger partial charge in [-0.15, -0.1) is 0 Å². The SMILES string of the molecule is C[C@@H]1C/C=C/C=C/C=C/C=C/[C@H](O[C@@H]2O[C@H](C)[C@@H](O)[C@H](N)[C@@H]2O)CC2O[C@](O)(C[C@@H](O)C[C@H]3O[C@@H]3/C=C/C(=O)O1)C[C@H](O)[C@H]2C(=O)O. The van der Waals surface area contributed by atoms with Gasteiger partial charge in [0.25, 0.3) is 0 Å². The van der Waals surface area contributed by atoms with E-state index in [9.17, 15) is 40.2 Å². The van der Waals surface area contributed by atoms with Gasteiger partial charge in [-0.3, -0.25) is 4.79 Å². The van der Waals surface area contributed by atoms with Crippen molar-refractivity contribution in [2.75, 3.05) is 0 Å². The smallest absolute Gasteiger partial charge is 0.330 e. The van der Waals surface area contributed by atoms with E-state index in [1.807, 2.05) is 6.08 Å². The molecule has 3 fully saturated rings. The van der Waals surface area contributed by atoms with Crippen LogP contribution in [0.2, 0.25) is 0 Å². The number of rotatable bonds is 3. The van der Waals surface area contributed by atoms with Crippen molar-refractivity contribution in [2.45, 2.75) is 125 Å². The molecule has 4 aliphatic rings. The zero-order valence-electron chi connectivity index (χ0n) is 26.4. The van der Waals surface area contributed by atoms with Gasteiger partial charge in [0.2, 0.25) is 0 Å². The molecule has 47 heavy (non-hydrogen) atoms. The molecule has 4 rings (SSSR count). The van der Waals surface area contributed by atoms with Crippen LogP contribution < -0.4 is 5.73 Å². The van der Waals surface area contributed by atoms with Gasteiger partial charge in [0.1, 0.15) is 24.2 Å². The molecule has 0 amide bonds. The molecule has 0 aromatic heterocycles. The number of allylic oxidation sites excluding steroid dienone is 6. The zero-order valence-corrected chi connectivity index (χ0v) is 26.4. The van der Waals surface area contributed by atoms with Crippen molar-refractivity contribution >= 4 is 11.9 Å². The minimum atomic E-state index is -2.10. The van der Waals surface area contributed by atoms with Gasteiger partial charge in [0, 0.05) is 38.2 Å². The summed E-state index contributed by atoms with van der Waals surface area (Å²) in [6, 6.07) is -1.08. The average Bonchev–Trinajstić information content (AvgIpc) is 3.72. The van der Waals surface area contributed by atoms with Crippen molar-refractivity contribution in [3.8, 4) is 0 Å². The third kappa shape index (κ3) is 10.6. The number of carboxylic acid groups (broad SMARTS) is 1. The summed E-state index contributed by atoms with van der Waals surface area (Å²) in [7, 11) is 0. The number of carboxylic acids is 1. The number of aliphatic hydroxyl groups excluding tert-OH is 4. The minimum Gasteiger partial charge on any atom is -0.481 e. The molecule has 14 atom stereocenters. The lowest BCUT2D eigenvalue weighted by molar-refractivity contribution is -0.308. The Kier molecular flexibility index (Phi) is 13.1. The van der Waals surface area contributed by atoms with Gasteiger partial charge in [-0.25, -0.2) is 4.79 Å². The van der Waals surface area contributed by atoms with E-state index in [1.165, 1.54) is 12.2 Å². The summed E-state index contributed by atoms with van der Waals surface area (Å²) >= 11 is 0. The number of aliphatic carboxylic acids is 1. The Morgan fingerprint density at radius 3 is 2.36 bits per heavy atom. The number of carbonyl (C=O) groups is 2. The van der Waals surface area contributed by atoms with Gasteiger partial charge < -0.3 is 60.1 Å². The standard InChI is InChI=1S/C33H47NO13/c1-18-10-8-6-4-3-5-7-9-11-21(45-32-30(39)28(34)29(38)19(2)44-32)15-25-27(31(40)41)22(36)17-33(42,47-25)16-20(35)14-24-23(46-24)12-13-26(37)43-18/h3-9,11-13,18-25,27-30,32,35-36,38-39,42H,10,14-17,34H2,1-2H3,(H,40,41)/b4-3+,7-5+,8-6+,11-9+,13-12+/t18-,19-,20+,21+,22+,23-,24-,25?,27-,28+,29-,30+,32+,33-/m1/s1. The molecule has 14 heteroatoms. The first-order valence-corrected chi connectivity index (χ1v) is 15.9. The summed E-state index contributed by atoms with van der Waals surface area (Å²) in [5.41, 5.74) is 5.98. The Hall–Kier alpha value is -2.76. The number of hydrogen-bond donors (Lipinski definition) is 7. The topological polar surface area (TPSA) is 231 Å². The van der Waals surface area contributed by atoms with E-state index in [-0.39, 0.29) is 25.4 Å². The van der Waals surface area contributed by atoms with Crippen molar-refractivity contribution in [3.05, 3.63) is 60.8 Å². The summed E-state index contributed by atoms with van der Waals surface area (Å²) in [5, 5.41) is 63.9. The van der Waals surface area contributed by atoms with Crippen molar-refractivity contribution in [2.24, 2.45) is 11.7 Å². The molecule has 0 saturated carbocycles. The second kappa shape index (κ2) is 16.6. The Balaban J connectivity index is 1.58. The molecule has 8 N–H and O–H groups in total. The monoisotopic (exact) mass is 665 g/mol. The highest BCUT2D eigenvalue weighted by molar-refractivity contribution is 5.82. The van der Waals surface area contributed by atoms with Crippen LogP contribution in [-0.4, -0.2) is 122 Å². The van der Waals surface area contributed by atoms with Crippen molar-refractivity contribution in [3.63, 3.8) is 0 Å². The molecule has 0 radical (unpaired) electrons. The normalized spacial score (nSPS) is 47.2. The van der Waals surface area contributed by atoms with Crippen LogP contribution in [0.3, 0.4) is 0 Å². The van der Waals surface area contributed by atoms with Crippen molar-refractivity contribution < 1.29 is 63.9 Å². The van der Waals surface area contributed by atoms with Gasteiger partial charge in [-0.1, -0.05) is 48.6 Å². The summed E-state index contributed by atoms with van der Waals surface area (Å²) in [5.74, 6) is -5.45. The molecule has 4 heterocycles. The molecule has 3 saturated heterocycles. The lowest BCUT2D eigenvalue weighted by Gasteiger charge is -2.45. The number of epoxide rings is 1. The van der Waals surface area contributed by atoms with Crippen LogP contribution in [0.25, 0.3) is 0 Å². The number of carbonyl (C=O) groups excluding carboxylic acids is 1. The van der Waals surface area contributed by atoms with Crippen molar-refractivity contribution in [1.29, 1.82) is 0 Å². The van der Waals surface area contributed by atoms with Gasteiger partial charge >= 0.3 is 11.9 Å². The first-order chi connectivity index (χ1) is 22.3. The fraction of sp³-hybridized carbons (Fsp3) is 0.636. The summed E-state index contributed by atoms with van der Waals surface area (Å²) in [4.78, 5) is 24.4. The van der Waals surface area contributed by atoms with Gasteiger partial charge in [0.15, 0.2) is 12.1 Å². The Morgan fingerprint density at radius 2 is 1.64 bits per heavy atom. The number of esters is 1. The molecule has 0 aliphatic carbocycles. The van der Waals surface area contributed by atoms with Crippen LogP contribution in [0.4, 0.5) is 0 Å². The van der Waals surface area contributed by atoms with E-state index in [1.54, 1.807) is 56.4 Å². The van der Waals surface area contributed by atoms with E-state index in [0.29, 0.717) is 6.42 Å². The van der Waals surface area contributed by atoms with E-state index < -0.39 is 97.3 Å². The highest BCUT2D eigenvalue weighted by atomic mass is 16.7. The average molecular weight is 666 g/mol. The molecular weight excluding hydrogens is 618 g/mol. The summed E-state index contributed by atoms with van der Waals surface area (Å²) in [6.07, 6.45) is 5.25. The largest absolute Gasteiger partial charge is 0.481 e. The number of fused-ring (bicyclic) bond motifs is 3. The predicted molar refractivity (Wildman–Crippen MR) is 165 cm³/mol. The quantitative estimate of drug-likeness (QED) is 0.157. The van der Waals surface area contributed by atoms with Crippen LogP contribution in [0.5, 0.6) is 0 Å². The maximum absolute atomic E-state index is 12.3. The Bertz CT molecular complexity index is 1220. The fourth-order valence-corrected chi connectivity index (χ4v) is 6.00. The molecule has 2 bridgehead atoms. The fourth-order valence-electron chi connectivity index (χ4n) is 6.00. The summed E-state index contributed by atoms with van der Waals surface area (Å²) in [6.45, 7) is 3.34. The van der Waals surface area contributed by atoms with Crippen LogP contribution in [-0.2, 0) is 33.3 Å².